The molecule has 7 heteroatoms. The summed E-state index contributed by atoms with van der Waals surface area (Å²) >= 11 is 0. The number of carbonyl (C=O) groups is 1. The maximum absolute atomic E-state index is 12.6. The average molecular weight is 368 g/mol. The Morgan fingerprint density at radius 3 is 2.24 bits per heavy atom. The quantitative estimate of drug-likeness (QED) is 0.829. The van der Waals surface area contributed by atoms with Crippen LogP contribution in [-0.2, 0) is 25.1 Å². The van der Waals surface area contributed by atoms with Crippen LogP contribution in [-0.4, -0.2) is 38.8 Å². The van der Waals surface area contributed by atoms with Gasteiger partial charge in [-0.1, -0.05) is 12.1 Å². The summed E-state index contributed by atoms with van der Waals surface area (Å²) in [6.45, 7) is 6.43. The van der Waals surface area contributed by atoms with Crippen LogP contribution < -0.4 is 11.1 Å². The standard InChI is InChI=1S/C18H28N2O4S/c1-17(2,3)25(22,23)12-14-4-6-15(7-5-14)20-16(21)18(13-19)8-10-24-11-9-18/h4-7H,8-13,19H2,1-3H3,(H,20,21). The van der Waals surface area contributed by atoms with Gasteiger partial charge in [0.05, 0.1) is 15.9 Å². The van der Waals surface area contributed by atoms with E-state index in [1.54, 1.807) is 45.0 Å². The number of nitrogens with one attached hydrogen (secondary N) is 1. The van der Waals surface area contributed by atoms with Gasteiger partial charge in [0.2, 0.25) is 5.91 Å². The monoisotopic (exact) mass is 368 g/mol. The van der Waals surface area contributed by atoms with Crippen LogP contribution in [0.15, 0.2) is 24.3 Å². The number of hydrogen-bond donors (Lipinski definition) is 2. The zero-order valence-corrected chi connectivity index (χ0v) is 16.0. The molecule has 25 heavy (non-hydrogen) atoms. The fourth-order valence-electron chi connectivity index (χ4n) is 2.67. The SMILES string of the molecule is CC(C)(C)S(=O)(=O)Cc1ccc(NC(=O)C2(CN)CCOCC2)cc1. The molecule has 0 unspecified atom stereocenters. The second kappa shape index (κ2) is 7.43. The molecule has 3 N–H and O–H groups in total. The first-order valence-electron chi connectivity index (χ1n) is 8.50. The molecule has 1 aliphatic rings. The predicted octanol–water partition coefficient (Wildman–Crippen LogP) is 2.09. The van der Waals surface area contributed by atoms with Gasteiger partial charge in [-0.2, -0.15) is 0 Å². The highest BCUT2D eigenvalue weighted by molar-refractivity contribution is 7.91. The third-order valence-electron chi connectivity index (χ3n) is 4.82. The Kier molecular flexibility index (Phi) is 5.91. The van der Waals surface area contributed by atoms with Gasteiger partial charge in [0.1, 0.15) is 0 Å². The number of carbonyl (C=O) groups excluding carboxylic acids is 1. The second-order valence-corrected chi connectivity index (χ2v) is 10.4. The van der Waals surface area contributed by atoms with Gasteiger partial charge >= 0.3 is 0 Å². The molecule has 6 nitrogen and oxygen atoms in total. The lowest BCUT2D eigenvalue weighted by Gasteiger charge is -2.34. The fourth-order valence-corrected chi connectivity index (χ4v) is 3.73. The number of nitrogens with two attached hydrogens (primary N) is 1. The van der Waals surface area contributed by atoms with Crippen molar-refractivity contribution in [1.29, 1.82) is 0 Å². The largest absolute Gasteiger partial charge is 0.381 e. The topological polar surface area (TPSA) is 98.5 Å². The fraction of sp³-hybridized carbons (Fsp3) is 0.611. The highest BCUT2D eigenvalue weighted by atomic mass is 32.2. The minimum Gasteiger partial charge on any atom is -0.381 e. The molecule has 1 saturated heterocycles. The molecule has 140 valence electrons. The van der Waals surface area contributed by atoms with E-state index in [1.165, 1.54) is 0 Å². The molecule has 0 atom stereocenters. The van der Waals surface area contributed by atoms with Crippen molar-refractivity contribution in [3.63, 3.8) is 0 Å². The van der Waals surface area contributed by atoms with Crippen LogP contribution in [0.2, 0.25) is 0 Å². The third-order valence-corrected chi connectivity index (χ3v) is 7.40. The Hall–Kier alpha value is -1.44. The van der Waals surface area contributed by atoms with Gasteiger partial charge < -0.3 is 15.8 Å². The number of anilines is 1. The van der Waals surface area contributed by atoms with Crippen molar-refractivity contribution in [1.82, 2.24) is 0 Å². The first-order valence-corrected chi connectivity index (χ1v) is 10.2. The van der Waals surface area contributed by atoms with E-state index in [2.05, 4.69) is 5.32 Å². The summed E-state index contributed by atoms with van der Waals surface area (Å²) in [6.07, 6.45) is 1.22. The lowest BCUT2D eigenvalue weighted by molar-refractivity contribution is -0.130. The molecule has 1 fully saturated rings. The van der Waals surface area contributed by atoms with E-state index in [0.717, 1.165) is 0 Å². The summed E-state index contributed by atoms with van der Waals surface area (Å²) in [5.74, 6) is -0.122. The lowest BCUT2D eigenvalue weighted by atomic mass is 9.79. The van der Waals surface area contributed by atoms with Crippen LogP contribution in [0.4, 0.5) is 5.69 Å². The Morgan fingerprint density at radius 1 is 1.20 bits per heavy atom. The number of amides is 1. The lowest BCUT2D eigenvalue weighted by Crippen LogP contribution is -2.46. The van der Waals surface area contributed by atoms with Crippen molar-refractivity contribution in [2.45, 2.75) is 44.1 Å². The van der Waals surface area contributed by atoms with Gasteiger partial charge in [0.15, 0.2) is 9.84 Å². The molecule has 0 aromatic heterocycles. The normalized spacial score (nSPS) is 17.9. The van der Waals surface area contributed by atoms with Crippen LogP contribution in [0.1, 0.15) is 39.2 Å². The molecule has 1 aromatic rings. The van der Waals surface area contributed by atoms with Crippen molar-refractivity contribution >= 4 is 21.4 Å². The minimum absolute atomic E-state index is 0.0190. The van der Waals surface area contributed by atoms with E-state index >= 15 is 0 Å². The minimum atomic E-state index is -3.24. The van der Waals surface area contributed by atoms with Crippen molar-refractivity contribution < 1.29 is 17.9 Å². The van der Waals surface area contributed by atoms with E-state index in [-0.39, 0.29) is 18.2 Å². The van der Waals surface area contributed by atoms with E-state index in [1.807, 2.05) is 0 Å². The number of benzene rings is 1. The Labute approximate surface area is 150 Å². The van der Waals surface area contributed by atoms with E-state index in [9.17, 15) is 13.2 Å². The van der Waals surface area contributed by atoms with Gasteiger partial charge in [-0.05, 0) is 51.3 Å². The Bertz CT molecular complexity index is 700. The van der Waals surface area contributed by atoms with Gasteiger partial charge in [0, 0.05) is 25.4 Å². The first kappa shape index (κ1) is 19.9. The third kappa shape index (κ3) is 4.59. The zero-order chi connectivity index (χ0) is 18.7. The summed E-state index contributed by atoms with van der Waals surface area (Å²) in [7, 11) is -3.24. The highest BCUT2D eigenvalue weighted by Crippen LogP contribution is 2.31. The van der Waals surface area contributed by atoms with E-state index in [0.29, 0.717) is 37.3 Å². The van der Waals surface area contributed by atoms with Crippen LogP contribution in [0.25, 0.3) is 0 Å². The summed E-state index contributed by atoms with van der Waals surface area (Å²) in [5.41, 5.74) is 6.59. The molecular formula is C18H28N2O4S. The molecule has 0 aliphatic carbocycles. The predicted molar refractivity (Wildman–Crippen MR) is 99.0 cm³/mol. The highest BCUT2D eigenvalue weighted by Gasteiger charge is 2.38. The average Bonchev–Trinajstić information content (AvgIpc) is 2.56. The smallest absolute Gasteiger partial charge is 0.232 e. The molecule has 0 bridgehead atoms. The Balaban J connectivity index is 2.06. The summed E-state index contributed by atoms with van der Waals surface area (Å²) in [4.78, 5) is 12.6. The maximum atomic E-state index is 12.6. The van der Waals surface area contributed by atoms with Gasteiger partial charge in [0.25, 0.3) is 0 Å². The van der Waals surface area contributed by atoms with Crippen molar-refractivity contribution in [3.05, 3.63) is 29.8 Å². The summed E-state index contributed by atoms with van der Waals surface area (Å²) in [5, 5.41) is 2.90. The molecule has 1 amide bonds. The molecular weight excluding hydrogens is 340 g/mol. The number of rotatable bonds is 5. The van der Waals surface area contributed by atoms with Crippen molar-refractivity contribution in [3.8, 4) is 0 Å². The summed E-state index contributed by atoms with van der Waals surface area (Å²) < 4.78 is 29.1. The van der Waals surface area contributed by atoms with Gasteiger partial charge in [-0.3, -0.25) is 4.79 Å². The number of ether oxygens (including phenoxy) is 1. The van der Waals surface area contributed by atoms with Crippen LogP contribution in [0.3, 0.4) is 0 Å². The second-order valence-electron chi connectivity index (χ2n) is 7.62. The van der Waals surface area contributed by atoms with Crippen molar-refractivity contribution in [2.75, 3.05) is 25.1 Å². The molecule has 1 heterocycles. The van der Waals surface area contributed by atoms with Crippen LogP contribution >= 0.6 is 0 Å². The van der Waals surface area contributed by atoms with Crippen LogP contribution in [0, 0.1) is 5.41 Å². The molecule has 0 radical (unpaired) electrons. The Morgan fingerprint density at radius 2 is 1.76 bits per heavy atom. The molecule has 2 rings (SSSR count). The molecule has 0 spiro atoms. The molecule has 1 aromatic carbocycles. The van der Waals surface area contributed by atoms with Gasteiger partial charge in [-0.25, -0.2) is 8.42 Å². The molecule has 1 aliphatic heterocycles. The molecule has 0 saturated carbocycles. The van der Waals surface area contributed by atoms with Crippen LogP contribution in [0.5, 0.6) is 0 Å². The maximum Gasteiger partial charge on any atom is 0.232 e. The van der Waals surface area contributed by atoms with E-state index < -0.39 is 20.0 Å². The van der Waals surface area contributed by atoms with Crippen molar-refractivity contribution in [2.24, 2.45) is 11.1 Å². The van der Waals surface area contributed by atoms with Gasteiger partial charge in [-0.15, -0.1) is 0 Å². The zero-order valence-electron chi connectivity index (χ0n) is 15.2. The summed E-state index contributed by atoms with van der Waals surface area (Å²) in [6, 6.07) is 6.93. The van der Waals surface area contributed by atoms with E-state index in [4.69, 9.17) is 10.5 Å². The number of sulfone groups is 1. The first-order chi connectivity index (χ1) is 11.6. The number of hydrogen-bond acceptors (Lipinski definition) is 5.